The molecule has 0 aliphatic heterocycles. The molecule has 1 heterocycles. The van der Waals surface area contributed by atoms with Crippen LogP contribution in [0.5, 0.6) is 0 Å². The smallest absolute Gasteiger partial charge is 0.122 e. The van der Waals surface area contributed by atoms with Gasteiger partial charge in [-0.25, -0.2) is 0 Å². The summed E-state index contributed by atoms with van der Waals surface area (Å²) >= 11 is 4.88. The van der Waals surface area contributed by atoms with Gasteiger partial charge < -0.3 is 11.1 Å². The van der Waals surface area contributed by atoms with Crippen molar-refractivity contribution in [1.82, 2.24) is 4.98 Å². The molecule has 0 saturated heterocycles. The molecule has 1 aliphatic rings. The zero-order valence-electron chi connectivity index (χ0n) is 10.9. The van der Waals surface area contributed by atoms with Crippen LogP contribution >= 0.6 is 12.2 Å². The highest BCUT2D eigenvalue weighted by Gasteiger charge is 2.26. The summed E-state index contributed by atoms with van der Waals surface area (Å²) in [6.07, 6.45) is 8.55. The van der Waals surface area contributed by atoms with Crippen molar-refractivity contribution in [3.05, 3.63) is 24.0 Å². The van der Waals surface area contributed by atoms with Gasteiger partial charge in [0.1, 0.15) is 4.99 Å². The lowest BCUT2D eigenvalue weighted by molar-refractivity contribution is 0.233. The minimum absolute atomic E-state index is 0.348. The van der Waals surface area contributed by atoms with E-state index in [0.717, 1.165) is 12.2 Å². The lowest BCUT2D eigenvalue weighted by Gasteiger charge is -2.34. The average Bonchev–Trinajstić information content (AvgIpc) is 2.38. The van der Waals surface area contributed by atoms with Crippen molar-refractivity contribution in [2.24, 2.45) is 11.1 Å². The number of hydrogen-bond donors (Lipinski definition) is 2. The Bertz CT molecular complexity index is 408. The molecule has 1 saturated carbocycles. The molecule has 18 heavy (non-hydrogen) atoms. The van der Waals surface area contributed by atoms with Crippen LogP contribution in [0, 0.1) is 5.41 Å². The first-order valence-corrected chi connectivity index (χ1v) is 7.00. The van der Waals surface area contributed by atoms with Gasteiger partial charge in [0.15, 0.2) is 0 Å². The van der Waals surface area contributed by atoms with E-state index in [4.69, 9.17) is 18.0 Å². The number of nitrogens with one attached hydrogen (secondary N) is 1. The van der Waals surface area contributed by atoms with E-state index >= 15 is 0 Å². The maximum Gasteiger partial charge on any atom is 0.122 e. The third-order valence-electron chi connectivity index (χ3n) is 3.80. The van der Waals surface area contributed by atoms with Crippen LogP contribution < -0.4 is 11.1 Å². The molecule has 0 unspecified atom stereocenters. The molecule has 2 rings (SSSR count). The summed E-state index contributed by atoms with van der Waals surface area (Å²) in [7, 11) is 0. The van der Waals surface area contributed by atoms with E-state index < -0.39 is 0 Å². The van der Waals surface area contributed by atoms with Gasteiger partial charge in [-0.1, -0.05) is 38.4 Å². The third kappa shape index (κ3) is 3.42. The van der Waals surface area contributed by atoms with E-state index in [1.807, 2.05) is 12.1 Å². The lowest BCUT2D eigenvalue weighted by Crippen LogP contribution is -2.28. The summed E-state index contributed by atoms with van der Waals surface area (Å²) in [5.74, 6) is 0. The molecule has 0 bridgehead atoms. The molecule has 0 spiro atoms. The van der Waals surface area contributed by atoms with E-state index in [0.29, 0.717) is 16.1 Å². The number of anilines is 1. The highest BCUT2D eigenvalue weighted by Crippen LogP contribution is 2.35. The van der Waals surface area contributed by atoms with Gasteiger partial charge in [0, 0.05) is 6.54 Å². The summed E-state index contributed by atoms with van der Waals surface area (Å²) in [5.41, 5.74) is 7.68. The Hall–Kier alpha value is -1.16. The molecular formula is C14H21N3S. The second kappa shape index (κ2) is 5.65. The van der Waals surface area contributed by atoms with Crippen LogP contribution in [-0.4, -0.2) is 16.5 Å². The molecule has 98 valence electrons. The molecule has 4 heteroatoms. The fraction of sp³-hybridized carbons (Fsp3) is 0.571. The number of nitrogens with zero attached hydrogens (tertiary/aromatic N) is 1. The summed E-state index contributed by atoms with van der Waals surface area (Å²) < 4.78 is 0. The monoisotopic (exact) mass is 263 g/mol. The molecule has 1 aliphatic carbocycles. The highest BCUT2D eigenvalue weighted by atomic mass is 32.1. The van der Waals surface area contributed by atoms with Crippen LogP contribution in [0.2, 0.25) is 0 Å². The van der Waals surface area contributed by atoms with E-state index in [2.05, 4.69) is 17.2 Å². The van der Waals surface area contributed by atoms with Crippen LogP contribution in [0.3, 0.4) is 0 Å². The first-order chi connectivity index (χ1) is 8.59. The van der Waals surface area contributed by atoms with Gasteiger partial charge in [0.25, 0.3) is 0 Å². The van der Waals surface area contributed by atoms with E-state index in [1.54, 1.807) is 6.20 Å². The second-order valence-corrected chi connectivity index (χ2v) is 5.96. The Kier molecular flexibility index (Phi) is 4.17. The molecule has 1 aromatic rings. The standard InChI is InChI=1S/C14H21N3S/c1-14(7-3-2-4-8-14)10-17-11-5-6-12(13(15)18)16-9-11/h5-6,9,17H,2-4,7-8,10H2,1H3,(H2,15,18). The SMILES string of the molecule is CC1(CNc2ccc(C(N)=S)nc2)CCCCC1. The topological polar surface area (TPSA) is 50.9 Å². The van der Waals surface area contributed by atoms with E-state index in [-0.39, 0.29) is 0 Å². The van der Waals surface area contributed by atoms with Gasteiger partial charge in [-0.3, -0.25) is 4.98 Å². The third-order valence-corrected chi connectivity index (χ3v) is 4.01. The first-order valence-electron chi connectivity index (χ1n) is 6.59. The van der Waals surface area contributed by atoms with Crippen molar-refractivity contribution in [3.8, 4) is 0 Å². The van der Waals surface area contributed by atoms with Crippen molar-refractivity contribution < 1.29 is 0 Å². The van der Waals surface area contributed by atoms with Crippen LogP contribution in [0.25, 0.3) is 0 Å². The van der Waals surface area contributed by atoms with Crippen molar-refractivity contribution in [2.45, 2.75) is 39.0 Å². The molecule has 1 fully saturated rings. The van der Waals surface area contributed by atoms with Gasteiger partial charge in [-0.15, -0.1) is 0 Å². The Labute approximate surface area is 114 Å². The van der Waals surface area contributed by atoms with Gasteiger partial charge in [-0.2, -0.15) is 0 Å². The highest BCUT2D eigenvalue weighted by molar-refractivity contribution is 7.80. The zero-order chi connectivity index (χ0) is 13.0. The fourth-order valence-corrected chi connectivity index (χ4v) is 2.66. The molecule has 3 nitrogen and oxygen atoms in total. The van der Waals surface area contributed by atoms with Crippen molar-refractivity contribution in [3.63, 3.8) is 0 Å². The molecule has 3 N–H and O–H groups in total. The Morgan fingerprint density at radius 2 is 2.11 bits per heavy atom. The quantitative estimate of drug-likeness (QED) is 0.820. The van der Waals surface area contributed by atoms with Crippen LogP contribution in [0.4, 0.5) is 5.69 Å². The Morgan fingerprint density at radius 3 is 2.67 bits per heavy atom. The summed E-state index contributed by atoms with van der Waals surface area (Å²) in [4.78, 5) is 4.58. The van der Waals surface area contributed by atoms with Crippen molar-refractivity contribution in [1.29, 1.82) is 0 Å². The van der Waals surface area contributed by atoms with E-state index in [1.165, 1.54) is 32.1 Å². The lowest BCUT2D eigenvalue weighted by atomic mass is 9.76. The van der Waals surface area contributed by atoms with Crippen molar-refractivity contribution in [2.75, 3.05) is 11.9 Å². The minimum Gasteiger partial charge on any atom is -0.388 e. The van der Waals surface area contributed by atoms with E-state index in [9.17, 15) is 0 Å². The number of hydrogen-bond acceptors (Lipinski definition) is 3. The molecule has 0 radical (unpaired) electrons. The molecule has 0 atom stereocenters. The largest absolute Gasteiger partial charge is 0.388 e. The van der Waals surface area contributed by atoms with Crippen molar-refractivity contribution >= 4 is 22.9 Å². The number of aromatic nitrogens is 1. The summed E-state index contributed by atoms with van der Waals surface area (Å²) in [6.45, 7) is 3.39. The molecule has 1 aromatic heterocycles. The van der Waals surface area contributed by atoms with Gasteiger partial charge >= 0.3 is 0 Å². The average molecular weight is 263 g/mol. The number of rotatable bonds is 4. The predicted molar refractivity (Wildman–Crippen MR) is 79.8 cm³/mol. The molecule has 0 aromatic carbocycles. The van der Waals surface area contributed by atoms with Crippen LogP contribution in [0.15, 0.2) is 18.3 Å². The van der Waals surface area contributed by atoms with Gasteiger partial charge in [0.2, 0.25) is 0 Å². The number of pyridine rings is 1. The Balaban J connectivity index is 1.91. The number of thiocarbonyl (C=S) groups is 1. The summed E-state index contributed by atoms with van der Waals surface area (Å²) in [5, 5.41) is 3.47. The predicted octanol–water partition coefficient (Wildman–Crippen LogP) is 3.10. The second-order valence-electron chi connectivity index (χ2n) is 5.52. The molecule has 0 amide bonds. The Morgan fingerprint density at radius 1 is 1.39 bits per heavy atom. The first kappa shape index (κ1) is 13.3. The van der Waals surface area contributed by atoms with Gasteiger partial charge in [0.05, 0.1) is 17.6 Å². The zero-order valence-corrected chi connectivity index (χ0v) is 11.7. The van der Waals surface area contributed by atoms with Crippen LogP contribution in [0.1, 0.15) is 44.7 Å². The number of nitrogens with two attached hydrogens (primary N) is 1. The molecular weight excluding hydrogens is 242 g/mol. The minimum atomic E-state index is 0.348. The van der Waals surface area contributed by atoms with Crippen LogP contribution in [-0.2, 0) is 0 Å². The maximum atomic E-state index is 5.52. The fourth-order valence-electron chi connectivity index (χ4n) is 2.54. The maximum absolute atomic E-state index is 5.52. The van der Waals surface area contributed by atoms with Gasteiger partial charge in [-0.05, 0) is 30.4 Å². The summed E-state index contributed by atoms with van der Waals surface area (Å²) in [6, 6.07) is 3.86. The normalized spacial score (nSPS) is 18.3.